The van der Waals surface area contributed by atoms with Crippen LogP contribution in [0.25, 0.3) is 10.9 Å². The van der Waals surface area contributed by atoms with Crippen LogP contribution < -0.4 is 9.80 Å². The van der Waals surface area contributed by atoms with Gasteiger partial charge in [0, 0.05) is 37.8 Å². The highest BCUT2D eigenvalue weighted by Crippen LogP contribution is 2.28. The van der Waals surface area contributed by atoms with Gasteiger partial charge in [0.1, 0.15) is 23.8 Å². The molecule has 1 aliphatic heterocycles. The van der Waals surface area contributed by atoms with Crippen LogP contribution in [0.2, 0.25) is 0 Å². The molecule has 3 aromatic rings. The van der Waals surface area contributed by atoms with Crippen LogP contribution in [-0.4, -0.2) is 41.1 Å². The lowest BCUT2D eigenvalue weighted by Crippen LogP contribution is -2.44. The highest BCUT2D eigenvalue weighted by Gasteiger charge is 2.25. The summed E-state index contributed by atoms with van der Waals surface area (Å²) >= 11 is 0. The summed E-state index contributed by atoms with van der Waals surface area (Å²) in [6.07, 6.45) is 5.39. The molecule has 6 heteroatoms. The fourth-order valence-electron chi connectivity index (χ4n) is 3.48. The predicted molar refractivity (Wildman–Crippen MR) is 97.4 cm³/mol. The number of benzene rings is 1. The summed E-state index contributed by atoms with van der Waals surface area (Å²) in [4.78, 5) is 17.6. The van der Waals surface area contributed by atoms with Crippen molar-refractivity contribution in [1.29, 1.82) is 0 Å². The molecule has 1 aliphatic rings. The van der Waals surface area contributed by atoms with Crippen molar-refractivity contribution in [3.8, 4) is 0 Å². The van der Waals surface area contributed by atoms with E-state index in [0.717, 1.165) is 48.5 Å². The lowest BCUT2D eigenvalue weighted by molar-refractivity contribution is 0.478. The van der Waals surface area contributed by atoms with Crippen molar-refractivity contribution in [2.24, 2.45) is 0 Å². The monoisotopic (exact) mass is 337 g/mol. The number of anilines is 2. The van der Waals surface area contributed by atoms with E-state index in [-0.39, 0.29) is 5.82 Å². The van der Waals surface area contributed by atoms with Crippen LogP contribution >= 0.6 is 0 Å². The quantitative estimate of drug-likeness (QED) is 0.734. The molecule has 0 amide bonds. The Balaban J connectivity index is 1.52. The van der Waals surface area contributed by atoms with E-state index in [9.17, 15) is 4.39 Å². The Labute approximate surface area is 146 Å². The second-order valence-electron chi connectivity index (χ2n) is 6.38. The highest BCUT2D eigenvalue weighted by molar-refractivity contribution is 5.89. The first kappa shape index (κ1) is 15.7. The zero-order chi connectivity index (χ0) is 17.2. The van der Waals surface area contributed by atoms with Crippen LogP contribution in [0.15, 0.2) is 48.9 Å². The smallest absolute Gasteiger partial charge is 0.139 e. The molecule has 0 saturated carbocycles. The van der Waals surface area contributed by atoms with Crippen LogP contribution in [0.4, 0.5) is 16.0 Å². The zero-order valence-corrected chi connectivity index (χ0v) is 14.1. The van der Waals surface area contributed by atoms with Gasteiger partial charge in [0.05, 0.1) is 5.52 Å². The topological polar surface area (TPSA) is 45.2 Å². The number of aromatic nitrogens is 3. The molecule has 0 aliphatic carbocycles. The Hall–Kier alpha value is -2.76. The molecule has 5 nitrogen and oxygen atoms in total. The standard InChI is InChI=1S/C19H20FN5/c1-24(18-4-2-3-9-21-18)15-7-10-25(11-8-15)19-16-12-14(20)5-6-17(16)22-13-23-19/h2-6,9,12-13,15H,7-8,10-11H2,1H3. The maximum atomic E-state index is 13.7. The van der Waals surface area contributed by atoms with Crippen molar-refractivity contribution in [1.82, 2.24) is 15.0 Å². The van der Waals surface area contributed by atoms with E-state index >= 15 is 0 Å². The molecule has 2 aromatic heterocycles. The molecule has 0 bridgehead atoms. The third-order valence-corrected chi connectivity index (χ3v) is 4.90. The molecule has 0 N–H and O–H groups in total. The number of fused-ring (bicyclic) bond motifs is 1. The molecule has 0 atom stereocenters. The molecule has 1 saturated heterocycles. The predicted octanol–water partition coefficient (Wildman–Crippen LogP) is 3.27. The summed E-state index contributed by atoms with van der Waals surface area (Å²) < 4.78 is 13.7. The zero-order valence-electron chi connectivity index (χ0n) is 14.1. The number of pyridine rings is 1. The van der Waals surface area contributed by atoms with Crippen molar-refractivity contribution in [2.45, 2.75) is 18.9 Å². The molecule has 1 fully saturated rings. The Bertz CT molecular complexity index is 862. The minimum absolute atomic E-state index is 0.256. The Morgan fingerprint density at radius 3 is 2.68 bits per heavy atom. The summed E-state index contributed by atoms with van der Waals surface area (Å²) in [5.74, 6) is 1.56. The molecule has 0 unspecified atom stereocenters. The first-order valence-electron chi connectivity index (χ1n) is 8.51. The Morgan fingerprint density at radius 1 is 1.08 bits per heavy atom. The van der Waals surface area contributed by atoms with Crippen LogP contribution in [0.5, 0.6) is 0 Å². The molecular weight excluding hydrogens is 317 g/mol. The van der Waals surface area contributed by atoms with Crippen molar-refractivity contribution >= 4 is 22.5 Å². The minimum atomic E-state index is -0.256. The largest absolute Gasteiger partial charge is 0.357 e. The maximum Gasteiger partial charge on any atom is 0.139 e. The highest BCUT2D eigenvalue weighted by atomic mass is 19.1. The van der Waals surface area contributed by atoms with E-state index in [1.165, 1.54) is 12.1 Å². The average Bonchev–Trinajstić information content (AvgIpc) is 2.68. The van der Waals surface area contributed by atoms with Crippen molar-refractivity contribution in [3.63, 3.8) is 0 Å². The first-order valence-corrected chi connectivity index (χ1v) is 8.51. The molecular formula is C19H20FN5. The van der Waals surface area contributed by atoms with Gasteiger partial charge in [0.25, 0.3) is 0 Å². The first-order chi connectivity index (χ1) is 12.2. The lowest BCUT2D eigenvalue weighted by Gasteiger charge is -2.38. The molecule has 3 heterocycles. The van der Waals surface area contributed by atoms with Gasteiger partial charge < -0.3 is 9.80 Å². The van der Waals surface area contributed by atoms with Gasteiger partial charge in [-0.05, 0) is 43.2 Å². The fraction of sp³-hybridized carbons (Fsp3) is 0.316. The van der Waals surface area contributed by atoms with Gasteiger partial charge in [-0.2, -0.15) is 0 Å². The van der Waals surface area contributed by atoms with Gasteiger partial charge >= 0.3 is 0 Å². The van der Waals surface area contributed by atoms with E-state index in [0.29, 0.717) is 6.04 Å². The molecule has 128 valence electrons. The van der Waals surface area contributed by atoms with Gasteiger partial charge in [-0.3, -0.25) is 0 Å². The third kappa shape index (κ3) is 3.12. The van der Waals surface area contributed by atoms with E-state index < -0.39 is 0 Å². The van der Waals surface area contributed by atoms with Crippen LogP contribution in [0, 0.1) is 5.82 Å². The SMILES string of the molecule is CN(c1ccccn1)C1CCN(c2ncnc3ccc(F)cc23)CC1. The van der Waals surface area contributed by atoms with Crippen LogP contribution in [-0.2, 0) is 0 Å². The molecule has 0 radical (unpaired) electrons. The number of halogens is 1. The normalized spacial score (nSPS) is 15.5. The van der Waals surface area contributed by atoms with Crippen molar-refractivity contribution < 1.29 is 4.39 Å². The number of rotatable bonds is 3. The van der Waals surface area contributed by atoms with Crippen molar-refractivity contribution in [3.05, 3.63) is 54.7 Å². The van der Waals surface area contributed by atoms with Crippen LogP contribution in [0.1, 0.15) is 12.8 Å². The maximum absolute atomic E-state index is 13.7. The summed E-state index contributed by atoms with van der Waals surface area (Å²) in [6, 6.07) is 11.1. The Morgan fingerprint density at radius 2 is 1.92 bits per heavy atom. The molecule has 25 heavy (non-hydrogen) atoms. The van der Waals surface area contributed by atoms with Crippen molar-refractivity contribution in [2.75, 3.05) is 29.9 Å². The van der Waals surface area contributed by atoms with Crippen LogP contribution in [0.3, 0.4) is 0 Å². The number of hydrogen-bond acceptors (Lipinski definition) is 5. The summed E-state index contributed by atoms with van der Waals surface area (Å²) in [6.45, 7) is 1.76. The van der Waals surface area contributed by atoms with Gasteiger partial charge in [-0.25, -0.2) is 19.3 Å². The van der Waals surface area contributed by atoms with E-state index in [1.54, 1.807) is 12.4 Å². The lowest BCUT2D eigenvalue weighted by atomic mass is 10.0. The number of piperidine rings is 1. The van der Waals surface area contributed by atoms with Gasteiger partial charge in [0.15, 0.2) is 0 Å². The second kappa shape index (κ2) is 6.63. The minimum Gasteiger partial charge on any atom is -0.357 e. The summed E-state index contributed by atoms with van der Waals surface area (Å²) in [5, 5.41) is 0.777. The Kier molecular flexibility index (Phi) is 4.17. The van der Waals surface area contributed by atoms with Gasteiger partial charge in [0.2, 0.25) is 0 Å². The fourth-order valence-corrected chi connectivity index (χ4v) is 3.48. The van der Waals surface area contributed by atoms with E-state index in [1.807, 2.05) is 24.4 Å². The van der Waals surface area contributed by atoms with E-state index in [2.05, 4.69) is 31.8 Å². The number of nitrogens with zero attached hydrogens (tertiary/aromatic N) is 5. The molecule has 1 aromatic carbocycles. The third-order valence-electron chi connectivity index (χ3n) is 4.90. The molecule has 4 rings (SSSR count). The van der Waals surface area contributed by atoms with Gasteiger partial charge in [-0.15, -0.1) is 0 Å². The van der Waals surface area contributed by atoms with E-state index in [4.69, 9.17) is 0 Å². The second-order valence-corrected chi connectivity index (χ2v) is 6.38. The number of hydrogen-bond donors (Lipinski definition) is 0. The average molecular weight is 337 g/mol. The summed E-state index contributed by atoms with van der Waals surface area (Å²) in [7, 11) is 2.10. The summed E-state index contributed by atoms with van der Waals surface area (Å²) in [5.41, 5.74) is 0.777. The molecule has 0 spiro atoms. The van der Waals surface area contributed by atoms with Gasteiger partial charge in [-0.1, -0.05) is 6.07 Å².